The summed E-state index contributed by atoms with van der Waals surface area (Å²) in [4.78, 5) is 0. The molecule has 1 aliphatic heterocycles. The molecule has 2 aliphatic rings. The van der Waals surface area contributed by atoms with Crippen molar-refractivity contribution >= 4 is 9.84 Å². The maximum absolute atomic E-state index is 11.4. The number of aliphatic hydroxyl groups is 1. The molecule has 3 nitrogen and oxygen atoms in total. The van der Waals surface area contributed by atoms with Gasteiger partial charge in [-0.15, -0.1) is 0 Å². The molecule has 1 heterocycles. The topological polar surface area (TPSA) is 54.4 Å². The van der Waals surface area contributed by atoms with Crippen LogP contribution in [-0.2, 0) is 9.84 Å². The number of aliphatic hydroxyl groups excluding tert-OH is 1. The van der Waals surface area contributed by atoms with E-state index in [4.69, 9.17) is 0 Å². The van der Waals surface area contributed by atoms with E-state index in [1.807, 2.05) is 0 Å². The van der Waals surface area contributed by atoms with E-state index >= 15 is 0 Å². The van der Waals surface area contributed by atoms with Gasteiger partial charge in [0, 0.05) is 0 Å². The number of hydrogen-bond donors (Lipinski definition) is 1. The largest absolute Gasteiger partial charge is 0.391 e. The zero-order valence-corrected chi connectivity index (χ0v) is 7.76. The predicted octanol–water partition coefficient (Wildman–Crippen LogP) is 0.334. The van der Waals surface area contributed by atoms with Gasteiger partial charge in [-0.3, -0.25) is 0 Å². The molecule has 12 heavy (non-hydrogen) atoms. The average molecular weight is 190 g/mol. The summed E-state index contributed by atoms with van der Waals surface area (Å²) in [5.74, 6) is 0.560. The van der Waals surface area contributed by atoms with Crippen LogP contribution >= 0.6 is 0 Å². The van der Waals surface area contributed by atoms with Crippen molar-refractivity contribution < 1.29 is 13.5 Å². The molecule has 0 bridgehead atoms. The van der Waals surface area contributed by atoms with Crippen molar-refractivity contribution in [1.29, 1.82) is 0 Å². The number of hydrogen-bond acceptors (Lipinski definition) is 3. The normalized spacial score (nSPS) is 36.6. The third-order valence-electron chi connectivity index (χ3n) is 2.86. The molecule has 2 fully saturated rings. The lowest BCUT2D eigenvalue weighted by molar-refractivity contribution is 0.144. The highest BCUT2D eigenvalue weighted by molar-refractivity contribution is 7.92. The van der Waals surface area contributed by atoms with E-state index in [0.717, 1.165) is 19.3 Å². The average Bonchev–Trinajstić information content (AvgIpc) is 2.75. The molecule has 70 valence electrons. The minimum Gasteiger partial charge on any atom is -0.391 e. The predicted molar refractivity (Wildman–Crippen MR) is 45.5 cm³/mol. The molecule has 1 aliphatic carbocycles. The second-order valence-electron chi connectivity index (χ2n) is 3.88. The van der Waals surface area contributed by atoms with Crippen LogP contribution in [0.15, 0.2) is 0 Å². The molecule has 1 N–H and O–H groups in total. The van der Waals surface area contributed by atoms with Crippen molar-refractivity contribution in [3.8, 4) is 0 Å². The van der Waals surface area contributed by atoms with Crippen molar-refractivity contribution in [1.82, 2.24) is 0 Å². The minimum atomic E-state index is -2.94. The Kier molecular flexibility index (Phi) is 1.92. The Bertz CT molecular complexity index is 266. The molecule has 0 aromatic carbocycles. The third kappa shape index (κ3) is 1.38. The Morgan fingerprint density at radius 3 is 2.33 bits per heavy atom. The molecular formula is C8H14O3S. The first-order valence-corrected chi connectivity index (χ1v) is 6.22. The summed E-state index contributed by atoms with van der Waals surface area (Å²) in [5, 5.41) is 9.21. The molecule has 0 aromatic heterocycles. The van der Waals surface area contributed by atoms with Crippen LogP contribution in [0.3, 0.4) is 0 Å². The van der Waals surface area contributed by atoms with Gasteiger partial charge in [-0.25, -0.2) is 8.42 Å². The minimum absolute atomic E-state index is 0.279. The van der Waals surface area contributed by atoms with Crippen LogP contribution in [-0.4, -0.2) is 30.6 Å². The SMILES string of the molecule is O=S1(=O)CCCC1C(O)C1CC1. The molecule has 0 radical (unpaired) electrons. The number of rotatable bonds is 2. The highest BCUT2D eigenvalue weighted by Crippen LogP contribution is 2.38. The highest BCUT2D eigenvalue weighted by Gasteiger charge is 2.43. The fourth-order valence-electron chi connectivity index (χ4n) is 1.94. The van der Waals surface area contributed by atoms with E-state index in [-0.39, 0.29) is 11.7 Å². The van der Waals surface area contributed by atoms with Gasteiger partial charge in [0.05, 0.1) is 17.1 Å². The fourth-order valence-corrected chi connectivity index (χ4v) is 3.99. The van der Waals surface area contributed by atoms with E-state index in [2.05, 4.69) is 0 Å². The molecule has 2 rings (SSSR count). The Balaban J connectivity index is 2.11. The first kappa shape index (κ1) is 8.51. The van der Waals surface area contributed by atoms with Crippen molar-refractivity contribution in [2.24, 2.45) is 5.92 Å². The van der Waals surface area contributed by atoms with Crippen molar-refractivity contribution in [2.45, 2.75) is 37.0 Å². The number of sulfone groups is 1. The quantitative estimate of drug-likeness (QED) is 0.683. The van der Waals surface area contributed by atoms with Crippen LogP contribution in [0.1, 0.15) is 25.7 Å². The van der Waals surface area contributed by atoms with Gasteiger partial charge in [-0.05, 0) is 31.6 Å². The smallest absolute Gasteiger partial charge is 0.155 e. The molecule has 4 heteroatoms. The molecule has 0 spiro atoms. The second-order valence-corrected chi connectivity index (χ2v) is 6.22. The zero-order chi connectivity index (χ0) is 8.77. The molecule has 2 unspecified atom stereocenters. The fraction of sp³-hybridized carbons (Fsp3) is 1.00. The van der Waals surface area contributed by atoms with E-state index in [1.54, 1.807) is 0 Å². The van der Waals surface area contributed by atoms with E-state index in [9.17, 15) is 13.5 Å². The van der Waals surface area contributed by atoms with Crippen molar-refractivity contribution in [3.63, 3.8) is 0 Å². The maximum atomic E-state index is 11.4. The van der Waals surface area contributed by atoms with Gasteiger partial charge >= 0.3 is 0 Å². The van der Waals surface area contributed by atoms with E-state index in [1.165, 1.54) is 0 Å². The summed E-state index contributed by atoms with van der Waals surface area (Å²) in [6.07, 6.45) is 2.84. The van der Waals surface area contributed by atoms with Gasteiger partial charge in [0.25, 0.3) is 0 Å². The summed E-state index contributed by atoms with van der Waals surface area (Å²) < 4.78 is 22.8. The molecule has 1 saturated carbocycles. The van der Waals surface area contributed by atoms with Gasteiger partial charge in [0.15, 0.2) is 9.84 Å². The summed E-state index contributed by atoms with van der Waals surface area (Å²) in [5.41, 5.74) is 0. The molecule has 2 atom stereocenters. The van der Waals surface area contributed by atoms with Gasteiger partial charge < -0.3 is 5.11 Å². The summed E-state index contributed by atoms with van der Waals surface area (Å²) in [6.45, 7) is 0. The highest BCUT2D eigenvalue weighted by atomic mass is 32.2. The van der Waals surface area contributed by atoms with Gasteiger partial charge in [-0.1, -0.05) is 0 Å². The maximum Gasteiger partial charge on any atom is 0.155 e. The van der Waals surface area contributed by atoms with E-state index in [0.29, 0.717) is 6.42 Å². The van der Waals surface area contributed by atoms with Gasteiger partial charge in [0.1, 0.15) is 0 Å². The Morgan fingerprint density at radius 1 is 1.25 bits per heavy atom. The van der Waals surface area contributed by atoms with Crippen molar-refractivity contribution in [2.75, 3.05) is 5.75 Å². The van der Waals surface area contributed by atoms with Crippen LogP contribution in [0.25, 0.3) is 0 Å². The van der Waals surface area contributed by atoms with Crippen LogP contribution < -0.4 is 0 Å². The molecule has 0 aromatic rings. The first-order valence-electron chi connectivity index (χ1n) is 4.51. The Labute approximate surface area is 72.7 Å². The Hall–Kier alpha value is -0.0900. The monoisotopic (exact) mass is 190 g/mol. The second kappa shape index (κ2) is 2.70. The zero-order valence-electron chi connectivity index (χ0n) is 6.94. The summed E-state index contributed by atoms with van der Waals surface area (Å²) in [6, 6.07) is 0. The van der Waals surface area contributed by atoms with Crippen LogP contribution in [0.5, 0.6) is 0 Å². The molecule has 1 saturated heterocycles. The summed E-state index contributed by atoms with van der Waals surface area (Å²) in [7, 11) is -2.94. The van der Waals surface area contributed by atoms with Crippen LogP contribution in [0.2, 0.25) is 0 Å². The molecule has 0 amide bonds. The first-order chi connectivity index (χ1) is 5.61. The van der Waals surface area contributed by atoms with E-state index < -0.39 is 21.2 Å². The Morgan fingerprint density at radius 2 is 1.92 bits per heavy atom. The van der Waals surface area contributed by atoms with Crippen molar-refractivity contribution in [3.05, 3.63) is 0 Å². The summed E-state index contributed by atoms with van der Waals surface area (Å²) >= 11 is 0. The van der Waals surface area contributed by atoms with Gasteiger partial charge in [0.2, 0.25) is 0 Å². The third-order valence-corrected chi connectivity index (χ3v) is 5.16. The lowest BCUT2D eigenvalue weighted by Gasteiger charge is -2.15. The standard InChI is InChI=1S/C8H14O3S/c9-8(6-3-4-6)7-2-1-5-12(7,10)11/h6-9H,1-5H2. The lowest BCUT2D eigenvalue weighted by Crippen LogP contribution is -2.32. The van der Waals surface area contributed by atoms with Crippen LogP contribution in [0, 0.1) is 5.92 Å². The molecular weight excluding hydrogens is 176 g/mol. The van der Waals surface area contributed by atoms with Crippen LogP contribution in [0.4, 0.5) is 0 Å². The lowest BCUT2D eigenvalue weighted by atomic mass is 10.1. The van der Waals surface area contributed by atoms with Gasteiger partial charge in [-0.2, -0.15) is 0 Å².